The number of nitrogens with zero attached hydrogens (tertiary/aromatic N) is 3. The van der Waals surface area contributed by atoms with Crippen molar-refractivity contribution < 1.29 is 13.2 Å². The molecule has 0 aliphatic rings. The molecule has 0 N–H and O–H groups in total. The third-order valence-electron chi connectivity index (χ3n) is 2.47. The van der Waals surface area contributed by atoms with Crippen molar-refractivity contribution in [2.45, 2.75) is 6.18 Å². The van der Waals surface area contributed by atoms with Gasteiger partial charge in [-0.1, -0.05) is 0 Å². The molecule has 0 fully saturated rings. The average Bonchev–Trinajstić information content (AvgIpc) is 2.81. The topological polar surface area (TPSA) is 38.7 Å². The van der Waals surface area contributed by atoms with Crippen molar-refractivity contribution in [2.24, 2.45) is 0 Å². The van der Waals surface area contributed by atoms with Gasteiger partial charge in [-0.2, -0.15) is 13.2 Å². The second-order valence-electron chi connectivity index (χ2n) is 3.80. The molecule has 7 heteroatoms. The number of thiazole rings is 1. The first-order chi connectivity index (χ1) is 9.04. The van der Waals surface area contributed by atoms with Crippen molar-refractivity contribution in [1.82, 2.24) is 15.0 Å². The Morgan fingerprint density at radius 2 is 2.00 bits per heavy atom. The number of halogens is 3. The molecule has 3 nitrogen and oxygen atoms in total. The van der Waals surface area contributed by atoms with Gasteiger partial charge in [0.15, 0.2) is 0 Å². The number of hydrogen-bond donors (Lipinski definition) is 0. The lowest BCUT2D eigenvalue weighted by atomic mass is 10.3. The summed E-state index contributed by atoms with van der Waals surface area (Å²) in [6.07, 6.45) is -0.0445. The standard InChI is InChI=1S/C12H6F3N3S/c13-12(14,15)10-4-9-8(6-17-10)18-11(19-9)7-2-1-3-16-5-7/h1-6H. The molecular weight excluding hydrogens is 275 g/mol. The molecule has 0 unspecified atom stereocenters. The maximum Gasteiger partial charge on any atom is 0.433 e. The van der Waals surface area contributed by atoms with Crippen LogP contribution in [0.25, 0.3) is 20.8 Å². The number of rotatable bonds is 1. The van der Waals surface area contributed by atoms with Crippen LogP contribution in [0.1, 0.15) is 5.69 Å². The Balaban J connectivity index is 2.12. The predicted molar refractivity (Wildman–Crippen MR) is 65.6 cm³/mol. The minimum absolute atomic E-state index is 0.455. The van der Waals surface area contributed by atoms with E-state index < -0.39 is 11.9 Å². The summed E-state index contributed by atoms with van der Waals surface area (Å²) in [6.45, 7) is 0. The highest BCUT2D eigenvalue weighted by Crippen LogP contribution is 2.33. The summed E-state index contributed by atoms with van der Waals surface area (Å²) < 4.78 is 38.1. The third kappa shape index (κ3) is 2.28. The van der Waals surface area contributed by atoms with E-state index in [4.69, 9.17) is 0 Å². The zero-order chi connectivity index (χ0) is 13.5. The van der Waals surface area contributed by atoms with Crippen LogP contribution in [0.15, 0.2) is 36.8 Å². The van der Waals surface area contributed by atoms with Crippen LogP contribution in [0.4, 0.5) is 13.2 Å². The number of hydrogen-bond acceptors (Lipinski definition) is 4. The number of pyridine rings is 2. The van der Waals surface area contributed by atoms with Gasteiger partial charge < -0.3 is 0 Å². The van der Waals surface area contributed by atoms with Crippen molar-refractivity contribution in [3.05, 3.63) is 42.5 Å². The van der Waals surface area contributed by atoms with E-state index in [1.807, 2.05) is 6.07 Å². The Labute approximate surface area is 109 Å². The summed E-state index contributed by atoms with van der Waals surface area (Å²) in [4.78, 5) is 11.6. The normalized spacial score (nSPS) is 11.9. The molecule has 3 aromatic heterocycles. The Bertz CT molecular complexity index is 722. The minimum atomic E-state index is -4.44. The average molecular weight is 281 g/mol. The maximum atomic E-state index is 12.6. The Morgan fingerprint density at radius 3 is 2.68 bits per heavy atom. The molecule has 19 heavy (non-hydrogen) atoms. The van der Waals surface area contributed by atoms with Crippen LogP contribution < -0.4 is 0 Å². The van der Waals surface area contributed by atoms with Crippen LogP contribution in [-0.4, -0.2) is 15.0 Å². The second-order valence-corrected chi connectivity index (χ2v) is 4.83. The second kappa shape index (κ2) is 4.27. The SMILES string of the molecule is FC(F)(F)c1cc2sc(-c3cccnc3)nc2cn1. The Kier molecular flexibility index (Phi) is 2.70. The van der Waals surface area contributed by atoms with Gasteiger partial charge in [0, 0.05) is 18.0 Å². The first kappa shape index (κ1) is 12.0. The minimum Gasteiger partial charge on any atom is -0.264 e. The van der Waals surface area contributed by atoms with Crippen LogP contribution in [0.5, 0.6) is 0 Å². The molecule has 0 saturated carbocycles. The molecule has 0 atom stereocenters. The molecule has 0 aliphatic carbocycles. The van der Waals surface area contributed by atoms with E-state index in [1.165, 1.54) is 11.3 Å². The van der Waals surface area contributed by atoms with Crippen molar-refractivity contribution in [3.8, 4) is 10.6 Å². The number of alkyl halides is 3. The van der Waals surface area contributed by atoms with Gasteiger partial charge in [0.25, 0.3) is 0 Å². The third-order valence-corrected chi connectivity index (χ3v) is 3.54. The van der Waals surface area contributed by atoms with E-state index in [9.17, 15) is 13.2 Å². The summed E-state index contributed by atoms with van der Waals surface area (Å²) in [5.41, 5.74) is 0.329. The van der Waals surface area contributed by atoms with Crippen LogP contribution in [-0.2, 0) is 6.18 Å². The van der Waals surface area contributed by atoms with E-state index in [0.29, 0.717) is 15.2 Å². The molecule has 3 rings (SSSR count). The number of aromatic nitrogens is 3. The van der Waals surface area contributed by atoms with Gasteiger partial charge in [-0.05, 0) is 18.2 Å². The van der Waals surface area contributed by atoms with E-state index >= 15 is 0 Å². The smallest absolute Gasteiger partial charge is 0.264 e. The van der Waals surface area contributed by atoms with Crippen LogP contribution in [0, 0.1) is 0 Å². The van der Waals surface area contributed by atoms with Gasteiger partial charge in [0.05, 0.1) is 10.9 Å². The Morgan fingerprint density at radius 1 is 1.16 bits per heavy atom. The van der Waals surface area contributed by atoms with Crippen molar-refractivity contribution >= 4 is 21.6 Å². The van der Waals surface area contributed by atoms with Crippen LogP contribution in [0.3, 0.4) is 0 Å². The van der Waals surface area contributed by atoms with Gasteiger partial charge >= 0.3 is 6.18 Å². The predicted octanol–water partition coefficient (Wildman–Crippen LogP) is 3.77. The first-order valence-electron chi connectivity index (χ1n) is 5.28. The highest BCUT2D eigenvalue weighted by molar-refractivity contribution is 7.21. The molecular formula is C12H6F3N3S. The first-order valence-corrected chi connectivity index (χ1v) is 6.10. The summed E-state index contributed by atoms with van der Waals surface area (Å²) >= 11 is 1.19. The lowest BCUT2D eigenvalue weighted by Gasteiger charge is -2.03. The Hall–Kier alpha value is -2.02. The fourth-order valence-corrected chi connectivity index (χ4v) is 2.56. The van der Waals surface area contributed by atoms with Crippen LogP contribution >= 0.6 is 11.3 Å². The fourth-order valence-electron chi connectivity index (χ4n) is 1.60. The van der Waals surface area contributed by atoms with E-state index in [0.717, 1.165) is 17.8 Å². The molecule has 0 spiro atoms. The zero-order valence-corrected chi connectivity index (χ0v) is 10.2. The summed E-state index contributed by atoms with van der Waals surface area (Å²) in [5, 5.41) is 0.629. The van der Waals surface area contributed by atoms with Crippen LogP contribution in [0.2, 0.25) is 0 Å². The molecule has 96 valence electrons. The monoisotopic (exact) mass is 281 g/mol. The summed E-state index contributed by atoms with van der Waals surface area (Å²) in [6, 6.07) is 4.58. The summed E-state index contributed by atoms with van der Waals surface area (Å²) in [5.74, 6) is 0. The molecule has 0 radical (unpaired) electrons. The number of fused-ring (bicyclic) bond motifs is 1. The van der Waals surface area contributed by atoms with Crippen molar-refractivity contribution in [2.75, 3.05) is 0 Å². The molecule has 0 aliphatic heterocycles. The lowest BCUT2D eigenvalue weighted by molar-refractivity contribution is -0.141. The van der Waals surface area contributed by atoms with Gasteiger partial charge in [-0.25, -0.2) is 9.97 Å². The molecule has 0 saturated heterocycles. The van der Waals surface area contributed by atoms with Gasteiger partial charge in [0.2, 0.25) is 0 Å². The van der Waals surface area contributed by atoms with Gasteiger partial charge in [0.1, 0.15) is 16.2 Å². The fraction of sp³-hybridized carbons (Fsp3) is 0.0833. The largest absolute Gasteiger partial charge is 0.433 e. The van der Waals surface area contributed by atoms with E-state index in [1.54, 1.807) is 18.5 Å². The summed E-state index contributed by atoms with van der Waals surface area (Å²) in [7, 11) is 0. The molecule has 0 amide bonds. The molecule has 0 aromatic carbocycles. The van der Waals surface area contributed by atoms with Crippen molar-refractivity contribution in [1.29, 1.82) is 0 Å². The van der Waals surface area contributed by atoms with Crippen molar-refractivity contribution in [3.63, 3.8) is 0 Å². The molecule has 3 heterocycles. The van der Waals surface area contributed by atoms with E-state index in [-0.39, 0.29) is 0 Å². The quantitative estimate of drug-likeness (QED) is 0.681. The zero-order valence-electron chi connectivity index (χ0n) is 9.35. The lowest BCUT2D eigenvalue weighted by Crippen LogP contribution is -2.06. The van der Waals surface area contributed by atoms with Gasteiger partial charge in [-0.15, -0.1) is 11.3 Å². The maximum absolute atomic E-state index is 12.6. The van der Waals surface area contributed by atoms with E-state index in [2.05, 4.69) is 15.0 Å². The highest BCUT2D eigenvalue weighted by Gasteiger charge is 2.32. The molecule has 0 bridgehead atoms. The van der Waals surface area contributed by atoms with Gasteiger partial charge in [-0.3, -0.25) is 4.98 Å². The molecule has 3 aromatic rings. The highest BCUT2D eigenvalue weighted by atomic mass is 32.1.